The summed E-state index contributed by atoms with van der Waals surface area (Å²) in [5.41, 5.74) is 6.56. The van der Waals surface area contributed by atoms with Gasteiger partial charge in [-0.1, -0.05) is 121 Å². The van der Waals surface area contributed by atoms with Gasteiger partial charge >= 0.3 is 0 Å². The summed E-state index contributed by atoms with van der Waals surface area (Å²) in [6.45, 7) is 0. The minimum absolute atomic E-state index is 0.612. The van der Waals surface area contributed by atoms with Gasteiger partial charge in [-0.25, -0.2) is 19.9 Å². The average molecular weight is 739 g/mol. The molecule has 0 unspecified atom stereocenters. The number of hydrogen-bond donors (Lipinski definition) is 0. The number of thiophene rings is 1. The number of nitrogens with zero attached hydrogens (tertiary/aromatic N) is 4. The van der Waals surface area contributed by atoms with Crippen molar-refractivity contribution in [2.75, 3.05) is 0 Å². The molecule has 0 fully saturated rings. The van der Waals surface area contributed by atoms with Crippen molar-refractivity contribution in [2.24, 2.45) is 0 Å². The molecule has 55 heavy (non-hydrogen) atoms. The minimum Gasteiger partial charge on any atom is -0.456 e. The summed E-state index contributed by atoms with van der Waals surface area (Å²) in [6.07, 6.45) is 0. The summed E-state index contributed by atoms with van der Waals surface area (Å²) in [5, 5.41) is 9.83. The Labute approximate surface area is 321 Å². The van der Waals surface area contributed by atoms with Gasteiger partial charge in [-0.05, 0) is 57.9 Å². The van der Waals surface area contributed by atoms with Crippen molar-refractivity contribution in [1.29, 1.82) is 0 Å². The van der Waals surface area contributed by atoms with Crippen molar-refractivity contribution in [3.8, 4) is 44.7 Å². The molecule has 0 radical (unpaired) electrons. The van der Waals surface area contributed by atoms with Crippen LogP contribution in [0.15, 0.2) is 162 Å². The molecule has 0 bridgehead atoms. The Hall–Kier alpha value is -6.80. The van der Waals surface area contributed by atoms with Crippen LogP contribution in [-0.2, 0) is 0 Å². The molecule has 4 aromatic heterocycles. The molecule has 0 saturated heterocycles. The van der Waals surface area contributed by atoms with Crippen LogP contribution in [0, 0.1) is 0 Å². The number of benzene rings is 8. The van der Waals surface area contributed by atoms with Gasteiger partial charge in [0.1, 0.15) is 16.2 Å². The first-order chi connectivity index (χ1) is 27.2. The fourth-order valence-electron chi connectivity index (χ4n) is 8.03. The Morgan fingerprint density at radius 2 is 1.05 bits per heavy atom. The standard InChI is InChI=1S/C48H26N4OS2/c1-2-11-29(12-3-1)48-49-44-40(55-48)25-24-37-43(44)42-35-26-30(21-20-28(35)22-23-36(42)53-37)45-50-46(32-16-8-13-27-10-4-5-14-31(27)32)52-47(51-45)34-17-9-19-39-41(34)33-15-6-7-18-38(33)54-39/h1-26H. The van der Waals surface area contributed by atoms with Crippen LogP contribution in [0.2, 0.25) is 0 Å². The molecule has 7 heteroatoms. The smallest absolute Gasteiger partial charge is 0.164 e. The topological polar surface area (TPSA) is 64.7 Å². The van der Waals surface area contributed by atoms with E-state index in [0.29, 0.717) is 17.5 Å². The molecule has 0 spiro atoms. The Balaban J connectivity index is 1.12. The lowest BCUT2D eigenvalue weighted by Gasteiger charge is -2.12. The van der Waals surface area contributed by atoms with Crippen LogP contribution in [0.1, 0.15) is 0 Å². The molecule has 0 saturated carbocycles. The summed E-state index contributed by atoms with van der Waals surface area (Å²) >= 11 is 3.50. The fraction of sp³-hybridized carbons (Fsp3) is 0. The number of rotatable bonds is 4. The van der Waals surface area contributed by atoms with Gasteiger partial charge in [-0.3, -0.25) is 0 Å². The van der Waals surface area contributed by atoms with E-state index in [0.717, 1.165) is 86.3 Å². The van der Waals surface area contributed by atoms with Gasteiger partial charge < -0.3 is 4.42 Å². The zero-order chi connectivity index (χ0) is 36.0. The van der Waals surface area contributed by atoms with Crippen molar-refractivity contribution in [2.45, 2.75) is 0 Å². The summed E-state index contributed by atoms with van der Waals surface area (Å²) < 4.78 is 10.1. The van der Waals surface area contributed by atoms with E-state index < -0.39 is 0 Å². The summed E-state index contributed by atoms with van der Waals surface area (Å²) in [5.74, 6) is 1.89. The molecule has 0 amide bonds. The second kappa shape index (κ2) is 11.9. The Morgan fingerprint density at radius 1 is 0.382 bits per heavy atom. The first-order valence-corrected chi connectivity index (χ1v) is 19.8. The minimum atomic E-state index is 0.612. The van der Waals surface area contributed by atoms with Gasteiger partial charge in [0.25, 0.3) is 0 Å². The van der Waals surface area contributed by atoms with Crippen molar-refractivity contribution in [3.63, 3.8) is 0 Å². The largest absolute Gasteiger partial charge is 0.456 e. The highest BCUT2D eigenvalue weighted by Crippen LogP contribution is 2.43. The van der Waals surface area contributed by atoms with Crippen LogP contribution >= 0.6 is 22.7 Å². The van der Waals surface area contributed by atoms with Crippen LogP contribution < -0.4 is 0 Å². The molecular formula is C48H26N4OS2. The maximum atomic E-state index is 6.52. The third-order valence-electron chi connectivity index (χ3n) is 10.6. The van der Waals surface area contributed by atoms with E-state index in [1.54, 1.807) is 22.7 Å². The second-order valence-electron chi connectivity index (χ2n) is 13.8. The third-order valence-corrected chi connectivity index (χ3v) is 12.8. The van der Waals surface area contributed by atoms with Gasteiger partial charge in [0.05, 0.1) is 15.6 Å². The highest BCUT2D eigenvalue weighted by molar-refractivity contribution is 7.26. The van der Waals surface area contributed by atoms with Crippen molar-refractivity contribution < 1.29 is 4.42 Å². The lowest BCUT2D eigenvalue weighted by molar-refractivity contribution is 0.669. The Kier molecular flexibility index (Phi) is 6.60. The van der Waals surface area contributed by atoms with Crippen LogP contribution in [0.5, 0.6) is 0 Å². The summed E-state index contributed by atoms with van der Waals surface area (Å²) in [6, 6.07) is 55.0. The quantitative estimate of drug-likeness (QED) is 0.180. The summed E-state index contributed by atoms with van der Waals surface area (Å²) in [7, 11) is 0. The first kappa shape index (κ1) is 30.6. The molecule has 5 nitrogen and oxygen atoms in total. The van der Waals surface area contributed by atoms with E-state index in [4.69, 9.17) is 24.4 Å². The third kappa shape index (κ3) is 4.77. The molecule has 0 atom stereocenters. The van der Waals surface area contributed by atoms with Gasteiger partial charge in [0.2, 0.25) is 0 Å². The van der Waals surface area contributed by atoms with Gasteiger partial charge in [0.15, 0.2) is 17.5 Å². The lowest BCUT2D eigenvalue weighted by atomic mass is 10.0. The maximum absolute atomic E-state index is 6.52. The molecule has 0 aliphatic carbocycles. The Morgan fingerprint density at radius 3 is 1.98 bits per heavy atom. The second-order valence-corrected chi connectivity index (χ2v) is 15.9. The molecular weight excluding hydrogens is 713 g/mol. The molecule has 12 rings (SSSR count). The van der Waals surface area contributed by atoms with Crippen molar-refractivity contribution in [1.82, 2.24) is 19.9 Å². The van der Waals surface area contributed by atoms with Crippen molar-refractivity contribution in [3.05, 3.63) is 158 Å². The Bertz CT molecular complexity index is 3500. The fourth-order valence-corrected chi connectivity index (χ4v) is 10.1. The van der Waals surface area contributed by atoms with Crippen LogP contribution in [-0.4, -0.2) is 19.9 Å². The van der Waals surface area contributed by atoms with Gasteiger partial charge in [-0.2, -0.15) is 0 Å². The highest BCUT2D eigenvalue weighted by atomic mass is 32.1. The average Bonchev–Trinajstić information content (AvgIpc) is 3.97. The number of furan rings is 1. The van der Waals surface area contributed by atoms with Crippen LogP contribution in [0.4, 0.5) is 0 Å². The molecule has 0 N–H and O–H groups in total. The predicted octanol–water partition coefficient (Wildman–Crippen LogP) is 13.7. The van der Waals surface area contributed by atoms with E-state index in [-0.39, 0.29) is 0 Å². The molecule has 256 valence electrons. The number of fused-ring (bicyclic) bond motifs is 11. The molecule has 4 heterocycles. The van der Waals surface area contributed by atoms with Gasteiger partial charge in [0, 0.05) is 47.8 Å². The summed E-state index contributed by atoms with van der Waals surface area (Å²) in [4.78, 5) is 21.0. The maximum Gasteiger partial charge on any atom is 0.164 e. The predicted molar refractivity (Wildman–Crippen MR) is 230 cm³/mol. The lowest BCUT2D eigenvalue weighted by Crippen LogP contribution is -2.01. The van der Waals surface area contributed by atoms with E-state index >= 15 is 0 Å². The molecule has 0 aliphatic heterocycles. The molecule has 8 aromatic carbocycles. The van der Waals surface area contributed by atoms with Crippen LogP contribution in [0.25, 0.3) is 119 Å². The number of aromatic nitrogens is 4. The van der Waals surface area contributed by atoms with Crippen LogP contribution in [0.3, 0.4) is 0 Å². The zero-order valence-electron chi connectivity index (χ0n) is 29.0. The van der Waals surface area contributed by atoms with E-state index in [9.17, 15) is 0 Å². The molecule has 0 aliphatic rings. The first-order valence-electron chi connectivity index (χ1n) is 18.1. The van der Waals surface area contributed by atoms with E-state index in [2.05, 4.69) is 152 Å². The van der Waals surface area contributed by atoms with Gasteiger partial charge in [-0.15, -0.1) is 22.7 Å². The SMILES string of the molecule is c1ccc(-c2nc3c(ccc4oc5ccc6ccc(-c7nc(-c8cccc9ccccc89)nc(-c8cccc9sc%10ccccc%10c89)n7)cc6c5c43)s2)cc1. The zero-order valence-corrected chi connectivity index (χ0v) is 30.7. The normalized spacial score (nSPS) is 12.0. The number of thiazole rings is 1. The highest BCUT2D eigenvalue weighted by Gasteiger charge is 2.21. The molecule has 12 aromatic rings. The van der Waals surface area contributed by atoms with E-state index in [1.165, 1.54) is 14.8 Å². The van der Waals surface area contributed by atoms with Crippen molar-refractivity contribution >= 4 is 96.5 Å². The monoisotopic (exact) mass is 738 g/mol. The number of hydrogen-bond acceptors (Lipinski definition) is 7. The van der Waals surface area contributed by atoms with E-state index in [1.807, 2.05) is 6.07 Å².